The Labute approximate surface area is 178 Å². The number of rotatable bonds is 7. The highest BCUT2D eigenvalue weighted by atomic mass is 32.1. The third kappa shape index (κ3) is 3.85. The summed E-state index contributed by atoms with van der Waals surface area (Å²) in [6.45, 7) is -0.276. The van der Waals surface area contributed by atoms with Crippen LogP contribution in [0.5, 0.6) is 5.75 Å². The summed E-state index contributed by atoms with van der Waals surface area (Å²) in [5, 5.41) is 21.8. The van der Waals surface area contributed by atoms with Crippen molar-refractivity contribution in [3.63, 3.8) is 0 Å². The van der Waals surface area contributed by atoms with Gasteiger partial charge in [-0.2, -0.15) is 0 Å². The fraction of sp³-hybridized carbons (Fsp3) is 0.0952. The van der Waals surface area contributed by atoms with E-state index in [4.69, 9.17) is 9.84 Å². The number of amides is 1. The molecule has 0 aliphatic heterocycles. The Morgan fingerprint density at radius 2 is 1.73 bits per heavy atom. The highest BCUT2D eigenvalue weighted by Gasteiger charge is 2.22. The van der Waals surface area contributed by atoms with Crippen molar-refractivity contribution in [2.45, 2.75) is 6.54 Å². The quantitative estimate of drug-likeness (QED) is 0.396. The van der Waals surface area contributed by atoms with E-state index < -0.39 is 18.5 Å². The standard InChI is InChI=1S/C21H15NO6S2/c23-16(24)10-28-17-12(20(25)22-9-11-4-2-1-3-5-11)6-7-13-18-14(29-19(13)17)8-15(30-18)21(26)27/h1-8H,9-10H2,(H,22,25)(H,23,24)(H,26,27). The summed E-state index contributed by atoms with van der Waals surface area (Å²) in [7, 11) is 0. The second kappa shape index (κ2) is 8.13. The molecule has 2 aromatic carbocycles. The SMILES string of the molecule is O=C(O)COc1c(C(=O)NCc2ccccc2)ccc2c1sc1cc(C(=O)O)sc12. The van der Waals surface area contributed by atoms with Gasteiger partial charge >= 0.3 is 11.9 Å². The van der Waals surface area contributed by atoms with Crippen LogP contribution in [0.15, 0.2) is 48.5 Å². The highest BCUT2D eigenvalue weighted by Crippen LogP contribution is 2.44. The van der Waals surface area contributed by atoms with Gasteiger partial charge in [0, 0.05) is 16.6 Å². The molecule has 9 heteroatoms. The lowest BCUT2D eigenvalue weighted by atomic mass is 10.1. The Hall–Kier alpha value is -3.43. The van der Waals surface area contributed by atoms with Gasteiger partial charge < -0.3 is 20.3 Å². The molecule has 2 heterocycles. The molecule has 4 aromatic rings. The van der Waals surface area contributed by atoms with Crippen molar-refractivity contribution in [2.24, 2.45) is 0 Å². The van der Waals surface area contributed by atoms with Crippen LogP contribution in [-0.4, -0.2) is 34.7 Å². The van der Waals surface area contributed by atoms with Crippen LogP contribution in [0.4, 0.5) is 0 Å². The molecule has 30 heavy (non-hydrogen) atoms. The van der Waals surface area contributed by atoms with E-state index in [9.17, 15) is 19.5 Å². The van der Waals surface area contributed by atoms with Gasteiger partial charge in [-0.3, -0.25) is 4.79 Å². The fourth-order valence-corrected chi connectivity index (χ4v) is 5.48. The van der Waals surface area contributed by atoms with Gasteiger partial charge in [-0.15, -0.1) is 22.7 Å². The monoisotopic (exact) mass is 441 g/mol. The minimum absolute atomic E-state index is 0.186. The lowest BCUT2D eigenvalue weighted by Crippen LogP contribution is -2.24. The molecular formula is C21H15NO6S2. The van der Waals surface area contributed by atoms with E-state index in [1.165, 1.54) is 11.3 Å². The molecule has 0 fully saturated rings. The van der Waals surface area contributed by atoms with Crippen LogP contribution in [0.2, 0.25) is 0 Å². The Kier molecular flexibility index (Phi) is 5.39. The number of carboxylic acid groups (broad SMARTS) is 2. The van der Waals surface area contributed by atoms with E-state index in [2.05, 4.69) is 5.32 Å². The molecule has 152 valence electrons. The van der Waals surface area contributed by atoms with Crippen molar-refractivity contribution in [3.8, 4) is 5.75 Å². The molecule has 2 aromatic heterocycles. The smallest absolute Gasteiger partial charge is 0.345 e. The van der Waals surface area contributed by atoms with E-state index in [1.807, 2.05) is 30.3 Å². The van der Waals surface area contributed by atoms with Gasteiger partial charge in [0.15, 0.2) is 12.4 Å². The van der Waals surface area contributed by atoms with Gasteiger partial charge in [-0.1, -0.05) is 36.4 Å². The number of ether oxygens (including phenoxy) is 1. The van der Waals surface area contributed by atoms with Crippen molar-refractivity contribution in [1.29, 1.82) is 0 Å². The Morgan fingerprint density at radius 1 is 0.967 bits per heavy atom. The number of aliphatic carboxylic acids is 1. The maximum Gasteiger partial charge on any atom is 0.345 e. The predicted molar refractivity (Wildman–Crippen MR) is 115 cm³/mol. The van der Waals surface area contributed by atoms with E-state index >= 15 is 0 Å². The number of thiophene rings is 2. The summed E-state index contributed by atoms with van der Waals surface area (Å²) in [6.07, 6.45) is 0. The van der Waals surface area contributed by atoms with Crippen LogP contribution in [0.25, 0.3) is 19.5 Å². The van der Waals surface area contributed by atoms with Gasteiger partial charge in [0.2, 0.25) is 0 Å². The number of aromatic carboxylic acids is 1. The Bertz CT molecular complexity index is 1280. The van der Waals surface area contributed by atoms with Gasteiger partial charge in [0.1, 0.15) is 4.88 Å². The van der Waals surface area contributed by atoms with Crippen LogP contribution in [0.1, 0.15) is 25.6 Å². The van der Waals surface area contributed by atoms with E-state index in [-0.39, 0.29) is 22.1 Å². The molecule has 4 rings (SSSR count). The van der Waals surface area contributed by atoms with Crippen molar-refractivity contribution in [1.82, 2.24) is 5.32 Å². The van der Waals surface area contributed by atoms with Gasteiger partial charge in [-0.25, -0.2) is 9.59 Å². The van der Waals surface area contributed by atoms with Gasteiger partial charge in [0.05, 0.1) is 15.0 Å². The molecule has 0 aliphatic rings. The molecule has 0 radical (unpaired) electrons. The summed E-state index contributed by atoms with van der Waals surface area (Å²) in [4.78, 5) is 35.3. The van der Waals surface area contributed by atoms with E-state index in [1.54, 1.807) is 18.2 Å². The third-order valence-corrected chi connectivity index (χ3v) is 6.79. The molecule has 0 saturated heterocycles. The van der Waals surface area contributed by atoms with Crippen molar-refractivity contribution < 1.29 is 29.3 Å². The lowest BCUT2D eigenvalue weighted by molar-refractivity contribution is -0.139. The zero-order valence-electron chi connectivity index (χ0n) is 15.4. The van der Waals surface area contributed by atoms with Crippen molar-refractivity contribution in [2.75, 3.05) is 6.61 Å². The first-order valence-corrected chi connectivity index (χ1v) is 10.5. The zero-order chi connectivity index (χ0) is 21.3. The molecule has 0 bridgehead atoms. The number of nitrogens with one attached hydrogen (secondary N) is 1. The summed E-state index contributed by atoms with van der Waals surface area (Å²) in [5.74, 6) is -2.36. The lowest BCUT2D eigenvalue weighted by Gasteiger charge is -2.12. The fourth-order valence-electron chi connectivity index (χ4n) is 3.03. The minimum atomic E-state index is -1.16. The first-order chi connectivity index (χ1) is 14.4. The summed E-state index contributed by atoms with van der Waals surface area (Å²) in [6, 6.07) is 14.3. The van der Waals surface area contributed by atoms with Gasteiger partial charge in [0.25, 0.3) is 5.91 Å². The van der Waals surface area contributed by atoms with Crippen LogP contribution in [-0.2, 0) is 11.3 Å². The summed E-state index contributed by atoms with van der Waals surface area (Å²) in [5.41, 5.74) is 1.16. The third-order valence-electron chi connectivity index (χ3n) is 4.36. The molecule has 0 saturated carbocycles. The number of carbonyl (C=O) groups is 3. The number of carbonyl (C=O) groups excluding carboxylic acids is 1. The normalized spacial score (nSPS) is 10.9. The topological polar surface area (TPSA) is 113 Å². The first kappa shape index (κ1) is 19.9. The highest BCUT2D eigenvalue weighted by molar-refractivity contribution is 7.33. The maximum absolute atomic E-state index is 12.8. The molecule has 0 atom stereocenters. The van der Waals surface area contributed by atoms with Crippen LogP contribution < -0.4 is 10.1 Å². The average molecular weight is 441 g/mol. The van der Waals surface area contributed by atoms with Crippen LogP contribution in [0.3, 0.4) is 0 Å². The van der Waals surface area contributed by atoms with Crippen LogP contribution in [0, 0.1) is 0 Å². The number of fused-ring (bicyclic) bond motifs is 3. The molecule has 0 spiro atoms. The van der Waals surface area contributed by atoms with Crippen LogP contribution >= 0.6 is 22.7 Å². The first-order valence-electron chi connectivity index (χ1n) is 8.83. The second-order valence-corrected chi connectivity index (χ2v) is 8.49. The average Bonchev–Trinajstić information content (AvgIpc) is 3.29. The molecule has 0 unspecified atom stereocenters. The number of hydrogen-bond donors (Lipinski definition) is 3. The summed E-state index contributed by atoms with van der Waals surface area (Å²) >= 11 is 2.41. The molecular weight excluding hydrogens is 426 g/mol. The molecule has 1 amide bonds. The molecule has 3 N–H and O–H groups in total. The number of hydrogen-bond acceptors (Lipinski definition) is 6. The number of benzene rings is 2. The van der Waals surface area contributed by atoms with Gasteiger partial charge in [-0.05, 0) is 17.7 Å². The van der Waals surface area contributed by atoms with Crippen molar-refractivity contribution >= 4 is 60.0 Å². The molecule has 0 aliphatic carbocycles. The van der Waals surface area contributed by atoms with E-state index in [0.717, 1.165) is 31.7 Å². The van der Waals surface area contributed by atoms with Crippen molar-refractivity contribution in [3.05, 3.63) is 64.5 Å². The number of carboxylic acids is 2. The Balaban J connectivity index is 1.73. The minimum Gasteiger partial charge on any atom is -0.480 e. The predicted octanol–water partition coefficient (Wildman–Crippen LogP) is 4.21. The summed E-state index contributed by atoms with van der Waals surface area (Å²) < 4.78 is 7.63. The maximum atomic E-state index is 12.8. The molecule has 7 nitrogen and oxygen atoms in total. The Morgan fingerprint density at radius 3 is 2.43 bits per heavy atom. The largest absolute Gasteiger partial charge is 0.480 e. The zero-order valence-corrected chi connectivity index (χ0v) is 17.0. The van der Waals surface area contributed by atoms with E-state index in [0.29, 0.717) is 11.2 Å². The second-order valence-electron chi connectivity index (χ2n) is 6.38.